The van der Waals surface area contributed by atoms with Crippen LogP contribution in [0.1, 0.15) is 36.8 Å². The van der Waals surface area contributed by atoms with Crippen molar-refractivity contribution in [3.05, 3.63) is 35.6 Å². The number of benzene rings is 1. The molecular weight excluding hydrogens is 222 g/mol. The molecule has 1 aliphatic rings. The fourth-order valence-electron chi connectivity index (χ4n) is 2.85. The number of nitrogens with zero attached hydrogens (tertiary/aromatic N) is 1. The Bertz CT molecular complexity index is 521. The maximum atomic E-state index is 5.65. The highest BCUT2D eigenvalue weighted by molar-refractivity contribution is 5.81. The fraction of sp³-hybridized carbons (Fsp3) is 0.500. The van der Waals surface area contributed by atoms with Gasteiger partial charge in [0.05, 0.1) is 6.26 Å². The topological polar surface area (TPSA) is 16.4 Å². The van der Waals surface area contributed by atoms with Crippen LogP contribution >= 0.6 is 0 Å². The maximum absolute atomic E-state index is 5.65. The van der Waals surface area contributed by atoms with E-state index in [0.717, 1.165) is 12.1 Å². The molecule has 0 aliphatic carbocycles. The summed E-state index contributed by atoms with van der Waals surface area (Å²) in [5, 5.41) is 1.29. The molecule has 18 heavy (non-hydrogen) atoms. The minimum Gasteiger partial charge on any atom is -0.464 e. The van der Waals surface area contributed by atoms with Crippen LogP contribution < -0.4 is 0 Å². The van der Waals surface area contributed by atoms with Crippen molar-refractivity contribution in [3.8, 4) is 0 Å². The summed E-state index contributed by atoms with van der Waals surface area (Å²) in [4.78, 5) is 2.57. The Balaban J connectivity index is 1.83. The van der Waals surface area contributed by atoms with E-state index < -0.39 is 0 Å². The zero-order valence-corrected chi connectivity index (χ0v) is 11.1. The zero-order chi connectivity index (χ0) is 12.4. The van der Waals surface area contributed by atoms with Gasteiger partial charge in [0, 0.05) is 17.5 Å². The van der Waals surface area contributed by atoms with Gasteiger partial charge in [-0.3, -0.25) is 4.90 Å². The molecule has 2 aromatic rings. The lowest BCUT2D eigenvalue weighted by Gasteiger charge is -2.18. The van der Waals surface area contributed by atoms with Crippen LogP contribution in [0.5, 0.6) is 0 Å². The van der Waals surface area contributed by atoms with Gasteiger partial charge in [-0.2, -0.15) is 0 Å². The summed E-state index contributed by atoms with van der Waals surface area (Å²) in [5.41, 5.74) is 3.67. The lowest BCUT2D eigenvalue weighted by molar-refractivity contribution is 0.277. The van der Waals surface area contributed by atoms with Gasteiger partial charge in [0.1, 0.15) is 5.58 Å². The van der Waals surface area contributed by atoms with E-state index in [4.69, 9.17) is 4.42 Å². The van der Waals surface area contributed by atoms with Gasteiger partial charge in [0.25, 0.3) is 0 Å². The van der Waals surface area contributed by atoms with Crippen molar-refractivity contribution in [3.63, 3.8) is 0 Å². The van der Waals surface area contributed by atoms with Gasteiger partial charge >= 0.3 is 0 Å². The zero-order valence-electron chi connectivity index (χ0n) is 11.1. The predicted octanol–water partition coefficient (Wildman–Crippen LogP) is 4.12. The number of rotatable bonds is 2. The van der Waals surface area contributed by atoms with E-state index in [0.29, 0.717) is 0 Å². The Hall–Kier alpha value is -1.28. The quantitative estimate of drug-likeness (QED) is 0.789. The van der Waals surface area contributed by atoms with E-state index in [1.807, 2.05) is 6.26 Å². The lowest BCUT2D eigenvalue weighted by Crippen LogP contribution is -2.23. The number of hydrogen-bond donors (Lipinski definition) is 0. The van der Waals surface area contributed by atoms with Crippen LogP contribution in [-0.4, -0.2) is 18.0 Å². The van der Waals surface area contributed by atoms with Crippen LogP contribution in [0, 0.1) is 6.92 Å². The summed E-state index contributed by atoms with van der Waals surface area (Å²) in [5.74, 6) is 0. The molecule has 1 aromatic heterocycles. The molecule has 2 nitrogen and oxygen atoms in total. The van der Waals surface area contributed by atoms with Gasteiger partial charge in [0.2, 0.25) is 0 Å². The first-order chi connectivity index (χ1) is 8.83. The Labute approximate surface area is 109 Å². The molecule has 0 bridgehead atoms. The largest absolute Gasteiger partial charge is 0.464 e. The second-order valence-electron chi connectivity index (χ2n) is 5.45. The number of furan rings is 1. The van der Waals surface area contributed by atoms with Gasteiger partial charge in [-0.25, -0.2) is 0 Å². The molecule has 0 atom stereocenters. The molecule has 3 rings (SSSR count). The van der Waals surface area contributed by atoms with Crippen molar-refractivity contribution in [2.24, 2.45) is 0 Å². The van der Waals surface area contributed by atoms with Crippen molar-refractivity contribution in [1.29, 1.82) is 0 Å². The number of aryl methyl sites for hydroxylation is 1. The highest BCUT2D eigenvalue weighted by Crippen LogP contribution is 2.24. The minimum absolute atomic E-state index is 1.02. The summed E-state index contributed by atoms with van der Waals surface area (Å²) >= 11 is 0. The van der Waals surface area contributed by atoms with E-state index >= 15 is 0 Å². The molecular formula is C16H21NO. The van der Waals surface area contributed by atoms with Crippen LogP contribution in [0.15, 0.2) is 28.9 Å². The van der Waals surface area contributed by atoms with Crippen molar-refractivity contribution in [2.75, 3.05) is 13.1 Å². The third-order valence-electron chi connectivity index (χ3n) is 3.90. The molecule has 0 unspecified atom stereocenters. The molecule has 96 valence electrons. The smallest absolute Gasteiger partial charge is 0.134 e. The molecule has 1 aliphatic heterocycles. The first-order valence-electron chi connectivity index (χ1n) is 7.02. The first kappa shape index (κ1) is 11.8. The molecule has 1 fully saturated rings. The predicted molar refractivity (Wildman–Crippen MR) is 74.7 cm³/mol. The van der Waals surface area contributed by atoms with Gasteiger partial charge in [-0.1, -0.05) is 24.5 Å². The number of fused-ring (bicyclic) bond motifs is 1. The summed E-state index contributed by atoms with van der Waals surface area (Å²) < 4.78 is 5.65. The SMILES string of the molecule is Cc1ccc2occ(CN3CCCCCC3)c2c1. The van der Waals surface area contributed by atoms with Crippen LogP contribution in [0.25, 0.3) is 11.0 Å². The molecule has 2 heteroatoms. The van der Waals surface area contributed by atoms with E-state index in [9.17, 15) is 0 Å². The van der Waals surface area contributed by atoms with Gasteiger partial charge in [0.15, 0.2) is 0 Å². The van der Waals surface area contributed by atoms with Gasteiger partial charge in [-0.05, 0) is 45.0 Å². The molecule has 0 spiro atoms. The van der Waals surface area contributed by atoms with E-state index in [2.05, 4.69) is 30.0 Å². The summed E-state index contributed by atoms with van der Waals surface area (Å²) in [7, 11) is 0. The maximum Gasteiger partial charge on any atom is 0.134 e. The van der Waals surface area contributed by atoms with Crippen LogP contribution in [0.3, 0.4) is 0 Å². The van der Waals surface area contributed by atoms with E-state index in [1.54, 1.807) is 0 Å². The summed E-state index contributed by atoms with van der Waals surface area (Å²) in [6.07, 6.45) is 7.40. The summed E-state index contributed by atoms with van der Waals surface area (Å²) in [6.45, 7) is 5.65. The molecule has 0 amide bonds. The molecule has 0 N–H and O–H groups in total. The average Bonchev–Trinajstić information content (AvgIpc) is 2.60. The Morgan fingerprint density at radius 3 is 2.67 bits per heavy atom. The summed E-state index contributed by atoms with van der Waals surface area (Å²) in [6, 6.07) is 6.43. The highest BCUT2D eigenvalue weighted by Gasteiger charge is 2.13. The van der Waals surface area contributed by atoms with E-state index in [-0.39, 0.29) is 0 Å². The van der Waals surface area contributed by atoms with Crippen molar-refractivity contribution < 1.29 is 4.42 Å². The molecule has 2 heterocycles. The molecule has 0 saturated carbocycles. The third-order valence-corrected chi connectivity index (χ3v) is 3.90. The van der Waals surface area contributed by atoms with Crippen molar-refractivity contribution in [1.82, 2.24) is 4.90 Å². The second kappa shape index (κ2) is 5.15. The molecule has 0 radical (unpaired) electrons. The number of hydrogen-bond acceptors (Lipinski definition) is 2. The Morgan fingerprint density at radius 1 is 1.11 bits per heavy atom. The minimum atomic E-state index is 1.02. The number of likely N-dealkylation sites (tertiary alicyclic amines) is 1. The van der Waals surface area contributed by atoms with Crippen LogP contribution in [0.4, 0.5) is 0 Å². The van der Waals surface area contributed by atoms with Gasteiger partial charge < -0.3 is 4.42 Å². The second-order valence-corrected chi connectivity index (χ2v) is 5.45. The first-order valence-corrected chi connectivity index (χ1v) is 7.02. The Kier molecular flexibility index (Phi) is 3.37. The standard InChI is InChI=1S/C16H21NO/c1-13-6-7-16-15(10-13)14(12-18-16)11-17-8-4-2-3-5-9-17/h6-7,10,12H,2-5,8-9,11H2,1H3. The van der Waals surface area contributed by atoms with E-state index in [1.165, 1.54) is 55.3 Å². The highest BCUT2D eigenvalue weighted by atomic mass is 16.3. The fourth-order valence-corrected chi connectivity index (χ4v) is 2.85. The molecule has 1 aromatic carbocycles. The molecule has 1 saturated heterocycles. The monoisotopic (exact) mass is 243 g/mol. The Morgan fingerprint density at radius 2 is 1.89 bits per heavy atom. The van der Waals surface area contributed by atoms with Gasteiger partial charge in [-0.15, -0.1) is 0 Å². The third kappa shape index (κ3) is 2.44. The van der Waals surface area contributed by atoms with Crippen molar-refractivity contribution in [2.45, 2.75) is 39.2 Å². The lowest BCUT2D eigenvalue weighted by atomic mass is 10.1. The van der Waals surface area contributed by atoms with Crippen LogP contribution in [0.2, 0.25) is 0 Å². The van der Waals surface area contributed by atoms with Crippen molar-refractivity contribution >= 4 is 11.0 Å². The van der Waals surface area contributed by atoms with Crippen LogP contribution in [-0.2, 0) is 6.54 Å². The normalized spacial score (nSPS) is 18.1. The average molecular weight is 243 g/mol.